The van der Waals surface area contributed by atoms with Crippen molar-refractivity contribution >= 4 is 12.6 Å². The fraction of sp³-hybridized carbons (Fsp3) is 1.00. The van der Waals surface area contributed by atoms with Gasteiger partial charge in [-0.1, -0.05) is 0 Å². The summed E-state index contributed by atoms with van der Waals surface area (Å²) >= 11 is 4.39. The summed E-state index contributed by atoms with van der Waals surface area (Å²) in [6.07, 6.45) is 4.67. The monoisotopic (exact) mass is 154 g/mol. The number of thiol groups is 1. The van der Waals surface area contributed by atoms with Gasteiger partial charge in [0.25, 0.3) is 0 Å². The van der Waals surface area contributed by atoms with Gasteiger partial charge < -0.3 is 0 Å². The maximum Gasteiger partial charge on any atom is -0.00639 e. The van der Waals surface area contributed by atoms with Gasteiger partial charge in [-0.3, -0.25) is 0 Å². The molecule has 1 heteroatoms. The lowest BCUT2D eigenvalue weighted by atomic mass is 10.0. The van der Waals surface area contributed by atoms with E-state index in [4.69, 9.17) is 0 Å². The predicted octanol–water partition coefficient (Wildman–Crippen LogP) is 2.21. The molecule has 0 aliphatic heterocycles. The Hall–Kier alpha value is 0.350. The molecule has 56 valence electrons. The first-order chi connectivity index (χ1) is 4.92. The minimum atomic E-state index is 1.04. The molecule has 0 N–H and O–H groups in total. The van der Waals surface area contributed by atoms with Gasteiger partial charge in [0.15, 0.2) is 0 Å². The van der Waals surface area contributed by atoms with Crippen LogP contribution in [0.3, 0.4) is 0 Å². The van der Waals surface area contributed by atoms with Crippen LogP contribution in [0.4, 0.5) is 0 Å². The molecule has 3 saturated carbocycles. The van der Waals surface area contributed by atoms with Crippen molar-refractivity contribution in [1.82, 2.24) is 0 Å². The van der Waals surface area contributed by atoms with Crippen molar-refractivity contribution < 1.29 is 0 Å². The fourth-order valence-corrected chi connectivity index (χ4v) is 3.77. The zero-order chi connectivity index (χ0) is 6.72. The van der Waals surface area contributed by atoms with E-state index in [0.29, 0.717) is 0 Å². The normalized spacial score (nSPS) is 62.7. The highest BCUT2D eigenvalue weighted by molar-refractivity contribution is 7.80. The second-order valence-corrected chi connectivity index (χ2v) is 4.69. The molecular weight excluding hydrogens is 140 g/mol. The van der Waals surface area contributed by atoms with Crippen molar-refractivity contribution in [2.24, 2.45) is 29.6 Å². The van der Waals surface area contributed by atoms with E-state index in [2.05, 4.69) is 12.6 Å². The second-order valence-electron chi connectivity index (χ2n) is 4.32. The van der Waals surface area contributed by atoms with Crippen LogP contribution in [0.25, 0.3) is 0 Å². The van der Waals surface area contributed by atoms with Gasteiger partial charge in [0, 0.05) is 0 Å². The van der Waals surface area contributed by atoms with Gasteiger partial charge in [-0.05, 0) is 54.6 Å². The van der Waals surface area contributed by atoms with Gasteiger partial charge in [0.05, 0.1) is 0 Å². The summed E-state index contributed by atoms with van der Waals surface area (Å²) in [5, 5.41) is 0. The average Bonchev–Trinajstić information content (AvgIpc) is 2.81. The topological polar surface area (TPSA) is 0 Å². The molecule has 3 aliphatic carbocycles. The SMILES string of the molecule is SCC1C2CC[C@@H]3CC3C12. The first-order valence-electron chi connectivity index (χ1n) is 4.52. The van der Waals surface area contributed by atoms with Gasteiger partial charge in [0.1, 0.15) is 0 Å². The van der Waals surface area contributed by atoms with Crippen molar-refractivity contribution in [2.75, 3.05) is 5.75 Å². The molecular formula is C9H14S. The lowest BCUT2D eigenvalue weighted by Gasteiger charge is -2.04. The van der Waals surface area contributed by atoms with Crippen molar-refractivity contribution in [1.29, 1.82) is 0 Å². The lowest BCUT2D eigenvalue weighted by Crippen LogP contribution is -1.96. The molecule has 0 aromatic carbocycles. The number of hydrogen-bond donors (Lipinski definition) is 1. The highest BCUT2D eigenvalue weighted by Crippen LogP contribution is 2.68. The zero-order valence-corrected chi connectivity index (χ0v) is 7.06. The highest BCUT2D eigenvalue weighted by Gasteiger charge is 2.62. The lowest BCUT2D eigenvalue weighted by molar-refractivity contribution is 0.456. The Kier molecular flexibility index (Phi) is 1.03. The smallest absolute Gasteiger partial charge is 0.00639 e. The summed E-state index contributed by atoms with van der Waals surface area (Å²) in [4.78, 5) is 0. The minimum Gasteiger partial charge on any atom is -0.179 e. The van der Waals surface area contributed by atoms with Crippen molar-refractivity contribution in [3.63, 3.8) is 0 Å². The molecule has 0 aromatic heterocycles. The maximum absolute atomic E-state index is 4.39. The van der Waals surface area contributed by atoms with Crippen molar-refractivity contribution in [3.05, 3.63) is 0 Å². The Bertz CT molecular complexity index is 162. The highest BCUT2D eigenvalue weighted by atomic mass is 32.1. The zero-order valence-electron chi connectivity index (χ0n) is 6.16. The summed E-state index contributed by atoms with van der Waals surface area (Å²) in [6, 6.07) is 0. The minimum absolute atomic E-state index is 1.04. The van der Waals surface area contributed by atoms with Crippen LogP contribution in [0, 0.1) is 29.6 Å². The van der Waals surface area contributed by atoms with Crippen LogP contribution in [0.5, 0.6) is 0 Å². The van der Waals surface area contributed by atoms with E-state index in [1.165, 1.54) is 24.0 Å². The van der Waals surface area contributed by atoms with Crippen LogP contribution in [0.15, 0.2) is 0 Å². The second kappa shape index (κ2) is 1.74. The molecule has 3 fully saturated rings. The van der Waals surface area contributed by atoms with Crippen LogP contribution >= 0.6 is 12.6 Å². The van der Waals surface area contributed by atoms with Crippen LogP contribution in [-0.2, 0) is 0 Å². The molecule has 0 amide bonds. The molecule has 3 aliphatic rings. The molecule has 0 heterocycles. The van der Waals surface area contributed by atoms with E-state index in [0.717, 1.165) is 17.8 Å². The Morgan fingerprint density at radius 3 is 2.90 bits per heavy atom. The van der Waals surface area contributed by atoms with Crippen LogP contribution < -0.4 is 0 Å². The van der Waals surface area contributed by atoms with Gasteiger partial charge in [0.2, 0.25) is 0 Å². The summed E-state index contributed by atoms with van der Waals surface area (Å²) in [5.74, 6) is 6.83. The van der Waals surface area contributed by atoms with E-state index in [-0.39, 0.29) is 0 Å². The van der Waals surface area contributed by atoms with Crippen LogP contribution in [0.2, 0.25) is 0 Å². The van der Waals surface area contributed by atoms with Crippen molar-refractivity contribution in [3.8, 4) is 0 Å². The van der Waals surface area contributed by atoms with Crippen LogP contribution in [0.1, 0.15) is 19.3 Å². The molecule has 0 bridgehead atoms. The van der Waals surface area contributed by atoms with Gasteiger partial charge >= 0.3 is 0 Å². The summed E-state index contributed by atoms with van der Waals surface area (Å²) < 4.78 is 0. The molecule has 0 saturated heterocycles. The Balaban J connectivity index is 1.77. The molecule has 0 nitrogen and oxygen atoms in total. The van der Waals surface area contributed by atoms with Crippen molar-refractivity contribution in [2.45, 2.75) is 19.3 Å². The number of hydrogen-bond acceptors (Lipinski definition) is 1. The molecule has 0 aromatic rings. The third kappa shape index (κ3) is 0.603. The molecule has 3 rings (SSSR count). The third-order valence-electron chi connectivity index (χ3n) is 3.95. The molecule has 5 atom stereocenters. The van der Waals surface area contributed by atoms with E-state index >= 15 is 0 Å². The predicted molar refractivity (Wildman–Crippen MR) is 45.2 cm³/mol. The third-order valence-corrected chi connectivity index (χ3v) is 4.37. The molecule has 4 unspecified atom stereocenters. The molecule has 0 spiro atoms. The summed E-state index contributed by atoms with van der Waals surface area (Å²) in [7, 11) is 0. The van der Waals surface area contributed by atoms with E-state index in [1.807, 2.05) is 0 Å². The molecule has 10 heavy (non-hydrogen) atoms. The maximum atomic E-state index is 4.39. The number of fused-ring (bicyclic) bond motifs is 3. The average molecular weight is 154 g/mol. The first-order valence-corrected chi connectivity index (χ1v) is 5.16. The van der Waals surface area contributed by atoms with E-state index < -0.39 is 0 Å². The van der Waals surface area contributed by atoms with Gasteiger partial charge in [-0.2, -0.15) is 12.6 Å². The largest absolute Gasteiger partial charge is 0.179 e. The standard InChI is InChI=1S/C9H14S/c10-4-8-6-2-1-5-3-7(5)9(6)8/h5-10H,1-4H2/t5-,6?,7?,8?,9?/m1/s1. The Morgan fingerprint density at radius 2 is 2.10 bits per heavy atom. The first kappa shape index (κ1) is 5.93. The Labute approximate surface area is 67.8 Å². The van der Waals surface area contributed by atoms with Crippen LogP contribution in [-0.4, -0.2) is 5.75 Å². The summed E-state index contributed by atoms with van der Waals surface area (Å²) in [6.45, 7) is 0. The van der Waals surface area contributed by atoms with E-state index in [9.17, 15) is 0 Å². The Morgan fingerprint density at radius 1 is 1.20 bits per heavy atom. The fourth-order valence-electron chi connectivity index (χ4n) is 3.25. The molecule has 0 radical (unpaired) electrons. The quantitative estimate of drug-likeness (QED) is 0.550. The summed E-state index contributed by atoms with van der Waals surface area (Å²) in [5.41, 5.74) is 0. The van der Waals surface area contributed by atoms with Gasteiger partial charge in [-0.25, -0.2) is 0 Å². The van der Waals surface area contributed by atoms with E-state index in [1.54, 1.807) is 12.8 Å². The van der Waals surface area contributed by atoms with Gasteiger partial charge in [-0.15, -0.1) is 0 Å². The number of rotatable bonds is 1.